The zero-order valence-electron chi connectivity index (χ0n) is 19.0. The van der Waals surface area contributed by atoms with Gasteiger partial charge in [-0.25, -0.2) is 4.79 Å². The van der Waals surface area contributed by atoms with Gasteiger partial charge in [-0.05, 0) is 74.9 Å². The van der Waals surface area contributed by atoms with E-state index < -0.39 is 0 Å². The fourth-order valence-electron chi connectivity index (χ4n) is 4.26. The second kappa shape index (κ2) is 9.47. The number of amides is 3. The number of benzene rings is 2. The van der Waals surface area contributed by atoms with Crippen LogP contribution < -0.4 is 10.6 Å². The lowest BCUT2D eigenvalue weighted by atomic mass is 9.97. The number of carbonyl (C=O) groups excluding carboxylic acids is 2. The van der Waals surface area contributed by atoms with Gasteiger partial charge in [-0.15, -0.1) is 0 Å². The van der Waals surface area contributed by atoms with E-state index in [2.05, 4.69) is 30.5 Å². The summed E-state index contributed by atoms with van der Waals surface area (Å²) in [5.41, 5.74) is 6.06. The molecule has 6 nitrogen and oxygen atoms in total. The molecule has 1 saturated heterocycles. The van der Waals surface area contributed by atoms with E-state index in [1.165, 1.54) is 11.1 Å². The average molecular weight is 434 g/mol. The van der Waals surface area contributed by atoms with Crippen LogP contribution in [-0.2, 0) is 11.2 Å². The fraction of sp³-hybridized carbons (Fsp3) is 0.385. The first-order valence-corrected chi connectivity index (χ1v) is 11.3. The molecule has 2 N–H and O–H groups in total. The predicted molar refractivity (Wildman–Crippen MR) is 127 cm³/mol. The Morgan fingerprint density at radius 2 is 1.84 bits per heavy atom. The van der Waals surface area contributed by atoms with E-state index in [-0.39, 0.29) is 17.9 Å². The first-order valence-electron chi connectivity index (χ1n) is 11.3. The van der Waals surface area contributed by atoms with E-state index >= 15 is 0 Å². The molecule has 0 aliphatic carbocycles. The molecule has 0 radical (unpaired) electrons. The Balaban J connectivity index is 1.30. The summed E-state index contributed by atoms with van der Waals surface area (Å²) < 4.78 is 5.69. The number of anilines is 1. The number of fused-ring (bicyclic) bond motifs is 1. The molecule has 1 aliphatic heterocycles. The third-order valence-corrected chi connectivity index (χ3v) is 6.34. The van der Waals surface area contributed by atoms with Crippen molar-refractivity contribution in [3.05, 3.63) is 64.9 Å². The van der Waals surface area contributed by atoms with Crippen molar-refractivity contribution < 1.29 is 14.0 Å². The van der Waals surface area contributed by atoms with E-state index in [0.29, 0.717) is 19.5 Å². The minimum Gasteiger partial charge on any atom is -0.464 e. The lowest BCUT2D eigenvalue weighted by molar-refractivity contribution is -0.132. The molecule has 4 rings (SSSR count). The van der Waals surface area contributed by atoms with E-state index in [1.54, 1.807) is 6.26 Å². The molecule has 2 heterocycles. The van der Waals surface area contributed by atoms with Crippen molar-refractivity contribution in [2.75, 3.05) is 25.0 Å². The largest absolute Gasteiger partial charge is 0.464 e. The van der Waals surface area contributed by atoms with Crippen molar-refractivity contribution in [2.24, 2.45) is 5.92 Å². The topological polar surface area (TPSA) is 74.6 Å². The van der Waals surface area contributed by atoms with Crippen LogP contribution in [0.3, 0.4) is 0 Å². The van der Waals surface area contributed by atoms with Crippen molar-refractivity contribution in [1.29, 1.82) is 0 Å². The molecule has 0 bridgehead atoms. The summed E-state index contributed by atoms with van der Waals surface area (Å²) in [5.74, 6) is 0.363. The fourth-order valence-corrected chi connectivity index (χ4v) is 4.26. The standard InChI is InChI=1S/C26H31N3O3/c1-17-6-8-22(9-7-17)28-26(31)27-14-20-5-4-10-29(15-20)25(30)13-21-16-32-24-12-19(3)18(2)11-23(21)24/h6-9,11-12,16,20H,4-5,10,13-15H2,1-3H3,(H2,27,28,31). The zero-order chi connectivity index (χ0) is 22.7. The number of furan rings is 1. The van der Waals surface area contributed by atoms with Crippen molar-refractivity contribution in [3.63, 3.8) is 0 Å². The Morgan fingerprint density at radius 3 is 2.62 bits per heavy atom. The third-order valence-electron chi connectivity index (χ3n) is 6.34. The van der Waals surface area contributed by atoms with Gasteiger partial charge in [-0.2, -0.15) is 0 Å². The molecule has 1 aromatic heterocycles. The zero-order valence-corrected chi connectivity index (χ0v) is 19.0. The van der Waals surface area contributed by atoms with Crippen LogP contribution in [0.2, 0.25) is 0 Å². The molecule has 0 saturated carbocycles. The van der Waals surface area contributed by atoms with Crippen LogP contribution in [0.25, 0.3) is 11.0 Å². The van der Waals surface area contributed by atoms with E-state index in [4.69, 9.17) is 4.42 Å². The second-order valence-corrected chi connectivity index (χ2v) is 8.92. The molecule has 3 amide bonds. The third kappa shape index (κ3) is 5.13. The molecule has 1 unspecified atom stereocenters. The Bertz CT molecular complexity index is 1120. The van der Waals surface area contributed by atoms with Gasteiger partial charge < -0.3 is 20.0 Å². The van der Waals surface area contributed by atoms with Crippen molar-refractivity contribution in [1.82, 2.24) is 10.2 Å². The summed E-state index contributed by atoms with van der Waals surface area (Å²) in [6, 6.07) is 11.6. The quantitative estimate of drug-likeness (QED) is 0.597. The molecular formula is C26H31N3O3. The Labute approximate surface area is 189 Å². The van der Waals surface area contributed by atoms with Crippen LogP contribution in [-0.4, -0.2) is 36.5 Å². The van der Waals surface area contributed by atoms with Gasteiger partial charge in [0.25, 0.3) is 0 Å². The van der Waals surface area contributed by atoms with Crippen LogP contribution >= 0.6 is 0 Å². The normalized spacial score (nSPS) is 16.2. The number of hydrogen-bond donors (Lipinski definition) is 2. The summed E-state index contributed by atoms with van der Waals surface area (Å²) >= 11 is 0. The molecule has 1 aliphatic rings. The summed E-state index contributed by atoms with van der Waals surface area (Å²) in [6.07, 6.45) is 3.99. The van der Waals surface area contributed by atoms with E-state index in [0.717, 1.165) is 47.2 Å². The van der Waals surface area contributed by atoms with Gasteiger partial charge in [0.2, 0.25) is 5.91 Å². The lowest BCUT2D eigenvalue weighted by Crippen LogP contribution is -2.44. The van der Waals surface area contributed by atoms with Crippen LogP contribution in [0, 0.1) is 26.7 Å². The molecule has 168 valence electrons. The number of nitrogens with zero attached hydrogens (tertiary/aromatic N) is 1. The smallest absolute Gasteiger partial charge is 0.319 e. The number of hydrogen-bond acceptors (Lipinski definition) is 3. The predicted octanol–water partition coefficient (Wildman–Crippen LogP) is 4.96. The van der Waals surface area contributed by atoms with Gasteiger partial charge >= 0.3 is 6.03 Å². The Hall–Kier alpha value is -3.28. The molecule has 1 atom stereocenters. The summed E-state index contributed by atoms with van der Waals surface area (Å²) in [5, 5.41) is 6.83. The van der Waals surface area contributed by atoms with Gasteiger partial charge in [0.05, 0.1) is 12.7 Å². The average Bonchev–Trinajstić information content (AvgIpc) is 3.15. The maximum absolute atomic E-state index is 13.0. The Morgan fingerprint density at radius 1 is 1.09 bits per heavy atom. The number of nitrogens with one attached hydrogen (secondary N) is 2. The van der Waals surface area contributed by atoms with Crippen molar-refractivity contribution >= 4 is 28.6 Å². The highest BCUT2D eigenvalue weighted by molar-refractivity contribution is 5.89. The van der Waals surface area contributed by atoms with Crippen LogP contribution in [0.1, 0.15) is 35.1 Å². The molecule has 32 heavy (non-hydrogen) atoms. The van der Waals surface area contributed by atoms with Crippen molar-refractivity contribution in [3.8, 4) is 0 Å². The minimum absolute atomic E-state index is 0.111. The molecule has 2 aromatic carbocycles. The highest BCUT2D eigenvalue weighted by Gasteiger charge is 2.25. The number of rotatable bonds is 5. The SMILES string of the molecule is Cc1ccc(NC(=O)NCC2CCCN(C(=O)Cc3coc4cc(C)c(C)cc34)C2)cc1. The van der Waals surface area contributed by atoms with Gasteiger partial charge in [0, 0.05) is 36.3 Å². The summed E-state index contributed by atoms with van der Waals surface area (Å²) in [7, 11) is 0. The van der Waals surface area contributed by atoms with Crippen molar-refractivity contribution in [2.45, 2.75) is 40.0 Å². The van der Waals surface area contributed by atoms with Crippen LogP contribution in [0.15, 0.2) is 47.1 Å². The second-order valence-electron chi connectivity index (χ2n) is 8.92. The monoisotopic (exact) mass is 433 g/mol. The molecule has 3 aromatic rings. The van der Waals surface area contributed by atoms with Crippen LogP contribution in [0.4, 0.5) is 10.5 Å². The number of carbonyl (C=O) groups is 2. The lowest BCUT2D eigenvalue weighted by Gasteiger charge is -2.33. The van der Waals surface area contributed by atoms with Gasteiger partial charge in [0.15, 0.2) is 0 Å². The summed E-state index contributed by atoms with van der Waals surface area (Å²) in [6.45, 7) is 8.12. The molecule has 6 heteroatoms. The Kier molecular flexibility index (Phi) is 6.49. The maximum Gasteiger partial charge on any atom is 0.319 e. The molecular weight excluding hydrogens is 402 g/mol. The highest BCUT2D eigenvalue weighted by Crippen LogP contribution is 2.26. The molecule has 0 spiro atoms. The summed E-state index contributed by atoms with van der Waals surface area (Å²) in [4.78, 5) is 27.2. The highest BCUT2D eigenvalue weighted by atomic mass is 16.3. The molecule has 1 fully saturated rings. The number of aryl methyl sites for hydroxylation is 3. The van der Waals surface area contributed by atoms with Gasteiger partial charge in [0.1, 0.15) is 5.58 Å². The van der Waals surface area contributed by atoms with Gasteiger partial charge in [-0.1, -0.05) is 17.7 Å². The maximum atomic E-state index is 13.0. The first-order chi connectivity index (χ1) is 15.4. The number of likely N-dealkylation sites (tertiary alicyclic amines) is 1. The van der Waals surface area contributed by atoms with Crippen LogP contribution in [0.5, 0.6) is 0 Å². The number of urea groups is 1. The van der Waals surface area contributed by atoms with Gasteiger partial charge in [-0.3, -0.25) is 4.79 Å². The van der Waals surface area contributed by atoms with E-state index in [1.807, 2.05) is 42.2 Å². The van der Waals surface area contributed by atoms with E-state index in [9.17, 15) is 9.59 Å². The number of piperidine rings is 1. The first kappa shape index (κ1) is 21.9. The minimum atomic E-state index is -0.215.